The minimum absolute atomic E-state index is 0.657. The van der Waals surface area contributed by atoms with Gasteiger partial charge in [0.05, 0.1) is 33.6 Å². The maximum atomic E-state index is 6.46. The van der Waals surface area contributed by atoms with E-state index in [4.69, 9.17) is 19.4 Å². The molecule has 0 bridgehead atoms. The Balaban J connectivity index is 0.894. The van der Waals surface area contributed by atoms with Gasteiger partial charge in [0.25, 0.3) is 0 Å². The summed E-state index contributed by atoms with van der Waals surface area (Å²) in [4.78, 5) is 15.9. The summed E-state index contributed by atoms with van der Waals surface area (Å²) in [6.07, 6.45) is 0. The largest absolute Gasteiger partial charge is 0.455 e. The van der Waals surface area contributed by atoms with Crippen molar-refractivity contribution < 1.29 is 4.42 Å². The molecule has 0 atom stereocenters. The van der Waals surface area contributed by atoms with Crippen molar-refractivity contribution in [3.8, 4) is 73.1 Å². The van der Waals surface area contributed by atoms with Crippen LogP contribution in [0.3, 0.4) is 0 Å². The van der Waals surface area contributed by atoms with Crippen LogP contribution in [-0.4, -0.2) is 19.5 Å². The third kappa shape index (κ3) is 6.51. The second kappa shape index (κ2) is 16.1. The van der Waals surface area contributed by atoms with Crippen LogP contribution in [0.25, 0.3) is 139 Å². The van der Waals surface area contributed by atoms with Gasteiger partial charge in [0.15, 0.2) is 5.82 Å². The quantitative estimate of drug-likeness (QED) is 0.150. The fourth-order valence-corrected chi connectivity index (χ4v) is 10.5. The first kappa shape index (κ1) is 39.7. The van der Waals surface area contributed by atoms with Gasteiger partial charge in [0, 0.05) is 71.2 Å². The topological polar surface area (TPSA) is 56.7 Å². The maximum absolute atomic E-state index is 6.46. The standard InChI is InChI=1S/C65H40N4O/c1-4-16-42(17-5-1)56-40-57(47-21-14-20-46(38-47)49-26-15-27-53-51-25-11-13-29-60(51)70-64(49)53)68-65(67-56)44-32-30-41(31-33-44)45-34-35-54-58(39-45)66-62(43-18-6-2-7-19-43)55-37-36-52-50-24-10-12-28-59(50)69(63(52)61(54)55)48-22-8-3-9-23-48/h1-40H. The van der Waals surface area contributed by atoms with Gasteiger partial charge in [-0.25, -0.2) is 15.0 Å². The van der Waals surface area contributed by atoms with Gasteiger partial charge < -0.3 is 8.98 Å². The number of hydrogen-bond acceptors (Lipinski definition) is 4. The second-order valence-electron chi connectivity index (χ2n) is 17.9. The number of nitrogens with zero attached hydrogens (tertiary/aromatic N) is 4. The lowest BCUT2D eigenvalue weighted by molar-refractivity contribution is 0.670. The van der Waals surface area contributed by atoms with Crippen molar-refractivity contribution in [3.63, 3.8) is 0 Å². The van der Waals surface area contributed by atoms with E-state index in [1.807, 2.05) is 18.2 Å². The summed E-state index contributed by atoms with van der Waals surface area (Å²) in [6.45, 7) is 0. The minimum Gasteiger partial charge on any atom is -0.455 e. The van der Waals surface area contributed by atoms with E-state index in [-0.39, 0.29) is 0 Å². The van der Waals surface area contributed by atoms with Gasteiger partial charge in [-0.1, -0.05) is 200 Å². The van der Waals surface area contributed by atoms with Gasteiger partial charge in [-0.15, -0.1) is 0 Å². The monoisotopic (exact) mass is 892 g/mol. The first-order chi connectivity index (χ1) is 34.7. The molecule has 0 spiro atoms. The highest BCUT2D eigenvalue weighted by Crippen LogP contribution is 2.43. The number of benzene rings is 10. The summed E-state index contributed by atoms with van der Waals surface area (Å²) < 4.78 is 8.88. The zero-order valence-corrected chi connectivity index (χ0v) is 37.8. The molecule has 14 rings (SSSR count). The van der Waals surface area contributed by atoms with E-state index in [0.29, 0.717) is 5.82 Å². The highest BCUT2D eigenvalue weighted by molar-refractivity contribution is 6.27. The minimum atomic E-state index is 0.657. The lowest BCUT2D eigenvalue weighted by Gasteiger charge is -2.15. The van der Waals surface area contributed by atoms with E-state index >= 15 is 0 Å². The van der Waals surface area contributed by atoms with Gasteiger partial charge in [-0.05, 0) is 59.2 Å². The van der Waals surface area contributed by atoms with Gasteiger partial charge in [-0.2, -0.15) is 0 Å². The average Bonchev–Trinajstić information content (AvgIpc) is 3.99. The van der Waals surface area contributed by atoms with Crippen LogP contribution in [0.15, 0.2) is 247 Å². The fraction of sp³-hybridized carbons (Fsp3) is 0. The van der Waals surface area contributed by atoms with E-state index < -0.39 is 0 Å². The van der Waals surface area contributed by atoms with Crippen molar-refractivity contribution in [2.75, 3.05) is 0 Å². The van der Waals surface area contributed by atoms with Crippen molar-refractivity contribution in [3.05, 3.63) is 243 Å². The molecule has 4 heterocycles. The van der Waals surface area contributed by atoms with Crippen LogP contribution in [0.1, 0.15) is 0 Å². The first-order valence-corrected chi connectivity index (χ1v) is 23.7. The van der Waals surface area contributed by atoms with Gasteiger partial charge >= 0.3 is 0 Å². The molecule has 0 amide bonds. The van der Waals surface area contributed by atoms with Crippen molar-refractivity contribution in [1.29, 1.82) is 0 Å². The van der Waals surface area contributed by atoms with E-state index in [1.54, 1.807) is 0 Å². The van der Waals surface area contributed by atoms with Crippen molar-refractivity contribution >= 4 is 65.4 Å². The van der Waals surface area contributed by atoms with Gasteiger partial charge in [0.2, 0.25) is 0 Å². The summed E-state index contributed by atoms with van der Waals surface area (Å²) in [5.74, 6) is 0.657. The molecular weight excluding hydrogens is 853 g/mol. The molecule has 0 fully saturated rings. The molecule has 0 saturated carbocycles. The summed E-state index contributed by atoms with van der Waals surface area (Å²) in [5.41, 5.74) is 17.1. The molecule has 0 unspecified atom stereocenters. The van der Waals surface area contributed by atoms with Crippen LogP contribution in [0.5, 0.6) is 0 Å². The molecule has 0 radical (unpaired) electrons. The lowest BCUT2D eigenvalue weighted by atomic mass is 9.95. The van der Waals surface area contributed by atoms with Crippen LogP contribution in [-0.2, 0) is 0 Å². The SMILES string of the molecule is c1ccc(-c2cc(-c3cccc(-c4cccc5c4oc4ccccc45)c3)nc(-c3ccc(-c4ccc5c(c4)nc(-c4ccccc4)c4ccc6c7ccccc7n(-c7ccccc7)c6c45)cc3)n2)cc1. The summed E-state index contributed by atoms with van der Waals surface area (Å²) in [5, 5.41) is 8.07. The van der Waals surface area contributed by atoms with E-state index in [0.717, 1.165) is 106 Å². The number of furan rings is 1. The number of para-hydroxylation sites is 4. The Labute approximate surface area is 403 Å². The molecule has 326 valence electrons. The Morgan fingerprint density at radius 1 is 0.343 bits per heavy atom. The summed E-state index contributed by atoms with van der Waals surface area (Å²) in [7, 11) is 0. The maximum Gasteiger partial charge on any atom is 0.160 e. The number of rotatable bonds is 7. The predicted octanol–water partition coefficient (Wildman–Crippen LogP) is 17.2. The Hall–Kier alpha value is -9.45. The molecule has 5 heteroatoms. The Bertz CT molecular complexity index is 4330. The molecule has 0 aliphatic rings. The van der Waals surface area contributed by atoms with Crippen LogP contribution in [0.4, 0.5) is 0 Å². The third-order valence-electron chi connectivity index (χ3n) is 13.8. The second-order valence-corrected chi connectivity index (χ2v) is 17.9. The van der Waals surface area contributed by atoms with Gasteiger partial charge in [-0.3, -0.25) is 0 Å². The lowest BCUT2D eigenvalue weighted by Crippen LogP contribution is -1.97. The molecule has 5 nitrogen and oxygen atoms in total. The zero-order valence-electron chi connectivity index (χ0n) is 37.8. The predicted molar refractivity (Wildman–Crippen MR) is 289 cm³/mol. The van der Waals surface area contributed by atoms with Crippen molar-refractivity contribution in [2.24, 2.45) is 0 Å². The molecule has 4 aromatic heterocycles. The third-order valence-corrected chi connectivity index (χ3v) is 13.8. The van der Waals surface area contributed by atoms with Crippen molar-refractivity contribution in [2.45, 2.75) is 0 Å². The Morgan fingerprint density at radius 3 is 1.76 bits per heavy atom. The van der Waals surface area contributed by atoms with Crippen LogP contribution >= 0.6 is 0 Å². The molecule has 14 aromatic rings. The molecule has 0 aliphatic heterocycles. The Kier molecular flexibility index (Phi) is 9.14. The van der Waals surface area contributed by atoms with Crippen molar-refractivity contribution in [1.82, 2.24) is 19.5 Å². The molecule has 0 aliphatic carbocycles. The number of pyridine rings is 1. The fourth-order valence-electron chi connectivity index (χ4n) is 10.5. The highest BCUT2D eigenvalue weighted by Gasteiger charge is 2.21. The van der Waals surface area contributed by atoms with E-state index in [9.17, 15) is 0 Å². The number of hydrogen-bond donors (Lipinski definition) is 0. The van der Waals surface area contributed by atoms with Crippen LogP contribution in [0.2, 0.25) is 0 Å². The molecule has 0 N–H and O–H groups in total. The molecule has 10 aromatic carbocycles. The van der Waals surface area contributed by atoms with E-state index in [1.165, 1.54) is 27.2 Å². The summed E-state index contributed by atoms with van der Waals surface area (Å²) in [6, 6.07) is 85.5. The summed E-state index contributed by atoms with van der Waals surface area (Å²) >= 11 is 0. The average molecular weight is 893 g/mol. The smallest absolute Gasteiger partial charge is 0.160 e. The number of fused-ring (bicyclic) bond motifs is 10. The zero-order chi connectivity index (χ0) is 46.1. The van der Waals surface area contributed by atoms with Gasteiger partial charge in [0.1, 0.15) is 11.2 Å². The highest BCUT2D eigenvalue weighted by atomic mass is 16.3. The number of aromatic nitrogens is 4. The van der Waals surface area contributed by atoms with Crippen LogP contribution < -0.4 is 0 Å². The molecule has 70 heavy (non-hydrogen) atoms. The Morgan fingerprint density at radius 2 is 0.943 bits per heavy atom. The van der Waals surface area contributed by atoms with E-state index in [2.05, 4.69) is 229 Å². The van der Waals surface area contributed by atoms with Crippen LogP contribution in [0, 0.1) is 0 Å². The first-order valence-electron chi connectivity index (χ1n) is 23.7. The normalized spacial score (nSPS) is 11.7. The molecule has 0 saturated heterocycles. The molecular formula is C65H40N4O.